The summed E-state index contributed by atoms with van der Waals surface area (Å²) < 4.78 is 34.7. The van der Waals surface area contributed by atoms with Gasteiger partial charge < -0.3 is 14.5 Å². The van der Waals surface area contributed by atoms with Crippen LogP contribution in [-0.2, 0) is 4.74 Å². The summed E-state index contributed by atoms with van der Waals surface area (Å²) in [5.74, 6) is 0.135. The Morgan fingerprint density at radius 3 is 2.44 bits per heavy atom. The average molecular weight is 612 g/mol. The molecule has 2 saturated heterocycles. The van der Waals surface area contributed by atoms with Crippen molar-refractivity contribution in [3.8, 4) is 11.1 Å². The molecule has 230 valence electrons. The number of anilines is 2. The molecule has 6 rings (SSSR count). The first-order chi connectivity index (χ1) is 20.9. The quantitative estimate of drug-likeness (QED) is 0.241. The van der Waals surface area contributed by atoms with Crippen molar-refractivity contribution in [3.05, 3.63) is 64.9 Å². The maximum absolute atomic E-state index is 14.2. The number of piperidine rings is 1. The number of hydrogen-bond acceptors (Lipinski definition) is 6. The van der Waals surface area contributed by atoms with Gasteiger partial charge in [0.25, 0.3) is 6.43 Å². The van der Waals surface area contributed by atoms with Crippen molar-refractivity contribution in [2.45, 2.75) is 51.5 Å². The van der Waals surface area contributed by atoms with Crippen LogP contribution in [0.5, 0.6) is 0 Å². The summed E-state index contributed by atoms with van der Waals surface area (Å²) in [5, 5.41) is 4.87. The topological polar surface area (TPSA) is 53.8 Å². The largest absolute Gasteiger partial charge is 0.462 e. The van der Waals surface area contributed by atoms with Gasteiger partial charge in [0, 0.05) is 67.8 Å². The number of ether oxygens (including phenoxy) is 1. The average Bonchev–Trinajstić information content (AvgIpc) is 3.46. The van der Waals surface area contributed by atoms with Crippen LogP contribution < -0.4 is 9.80 Å². The van der Waals surface area contributed by atoms with Crippen LogP contribution >= 0.6 is 11.6 Å². The van der Waals surface area contributed by atoms with E-state index in [1.54, 1.807) is 6.92 Å². The molecule has 2 aliphatic heterocycles. The summed E-state index contributed by atoms with van der Waals surface area (Å²) in [6, 6.07) is 14.3. The first kappa shape index (κ1) is 29.9. The van der Waals surface area contributed by atoms with E-state index in [-0.39, 0.29) is 23.9 Å². The van der Waals surface area contributed by atoms with Crippen LogP contribution in [0, 0.1) is 5.92 Å². The number of carbonyl (C=O) groups excluding carboxylic acids is 1. The number of piperazine rings is 1. The van der Waals surface area contributed by atoms with Gasteiger partial charge in [-0.25, -0.2) is 13.6 Å². The minimum absolute atomic E-state index is 0.111. The minimum atomic E-state index is -2.84. The number of aromatic nitrogens is 2. The van der Waals surface area contributed by atoms with E-state index in [0.717, 1.165) is 61.9 Å². The third-order valence-corrected chi connectivity index (χ3v) is 9.47. The number of halogens is 3. The molecule has 1 aromatic heterocycles. The van der Waals surface area contributed by atoms with E-state index in [4.69, 9.17) is 16.3 Å². The van der Waals surface area contributed by atoms with Crippen molar-refractivity contribution in [3.63, 3.8) is 0 Å². The van der Waals surface area contributed by atoms with Crippen molar-refractivity contribution in [1.82, 2.24) is 14.7 Å². The highest BCUT2D eigenvalue weighted by Gasteiger charge is 2.32. The van der Waals surface area contributed by atoms with E-state index in [2.05, 4.69) is 44.1 Å². The summed E-state index contributed by atoms with van der Waals surface area (Å²) in [4.78, 5) is 19.6. The molecule has 1 unspecified atom stereocenters. The molecular formula is C33H40ClF2N5O2. The fourth-order valence-electron chi connectivity index (χ4n) is 6.71. The molecule has 7 nitrogen and oxygen atoms in total. The molecule has 1 saturated carbocycles. The van der Waals surface area contributed by atoms with Gasteiger partial charge in [0.15, 0.2) is 0 Å². The summed E-state index contributed by atoms with van der Waals surface area (Å²) >= 11 is 6.49. The van der Waals surface area contributed by atoms with Gasteiger partial charge in [0.1, 0.15) is 11.3 Å². The highest BCUT2D eigenvalue weighted by molar-refractivity contribution is 6.31. The Morgan fingerprint density at radius 1 is 1.00 bits per heavy atom. The van der Waals surface area contributed by atoms with Crippen LogP contribution in [0.3, 0.4) is 0 Å². The van der Waals surface area contributed by atoms with Crippen LogP contribution in [0.25, 0.3) is 11.1 Å². The maximum atomic E-state index is 14.2. The predicted octanol–water partition coefficient (Wildman–Crippen LogP) is 7.08. The Kier molecular flexibility index (Phi) is 9.19. The number of nitrogens with zero attached hydrogens (tertiary/aromatic N) is 5. The summed E-state index contributed by atoms with van der Waals surface area (Å²) in [6.07, 6.45) is 4.01. The second-order valence-corrected chi connectivity index (χ2v) is 12.4. The van der Waals surface area contributed by atoms with Crippen molar-refractivity contribution in [1.29, 1.82) is 0 Å². The first-order valence-corrected chi connectivity index (χ1v) is 15.9. The van der Waals surface area contributed by atoms with E-state index >= 15 is 0 Å². The molecule has 3 aromatic rings. The molecule has 0 amide bonds. The van der Waals surface area contributed by atoms with Crippen LogP contribution in [0.1, 0.15) is 67.5 Å². The summed E-state index contributed by atoms with van der Waals surface area (Å²) in [5.41, 5.74) is 3.78. The molecule has 3 heterocycles. The Hall–Kier alpha value is -3.17. The first-order valence-electron chi connectivity index (χ1n) is 15.6. The molecule has 3 fully saturated rings. The van der Waals surface area contributed by atoms with E-state index in [0.29, 0.717) is 18.0 Å². The molecule has 0 bridgehead atoms. The molecule has 1 aliphatic carbocycles. The van der Waals surface area contributed by atoms with Gasteiger partial charge in [-0.2, -0.15) is 5.10 Å². The van der Waals surface area contributed by atoms with Crippen molar-refractivity contribution >= 4 is 28.9 Å². The Bertz CT molecular complexity index is 1400. The van der Waals surface area contributed by atoms with Gasteiger partial charge in [0.2, 0.25) is 0 Å². The number of alkyl halides is 2. The summed E-state index contributed by atoms with van der Waals surface area (Å²) in [6.45, 7) is 8.56. The maximum Gasteiger partial charge on any atom is 0.341 e. The Balaban J connectivity index is 1.19. The normalized spacial score (nSPS) is 20.0. The molecule has 1 atom stereocenters. The SMILES string of the molecule is CCOC(=O)c1cnn(C2CCCN(c3cc(Cl)ccc3-c3ccc(N4CCN(CC5CCC5)CC4)cc3)C2)c1C(F)F. The number of rotatable bonds is 9. The standard InChI is InChI=1S/C33H40ClF2N5O2/c1-2-43-33(42)29-20-37-41(31(29)32(35)36)27-7-4-14-40(22-27)30-19-25(34)10-13-28(30)24-8-11-26(12-9-24)39-17-15-38(16-18-39)21-23-5-3-6-23/h8-13,19-20,23,27,32H,2-7,14-18,21-22H2,1H3. The predicted molar refractivity (Wildman–Crippen MR) is 167 cm³/mol. The van der Waals surface area contributed by atoms with Crippen molar-refractivity contribution < 1.29 is 18.3 Å². The highest BCUT2D eigenvalue weighted by atomic mass is 35.5. The van der Waals surface area contributed by atoms with Crippen LogP contribution in [0.4, 0.5) is 20.2 Å². The summed E-state index contributed by atoms with van der Waals surface area (Å²) in [7, 11) is 0. The number of benzene rings is 2. The van der Waals surface area contributed by atoms with Crippen LogP contribution in [-0.4, -0.2) is 73.1 Å². The molecular weight excluding hydrogens is 572 g/mol. The van der Waals surface area contributed by atoms with Gasteiger partial charge >= 0.3 is 5.97 Å². The number of esters is 1. The number of hydrogen-bond donors (Lipinski definition) is 0. The van der Waals surface area contributed by atoms with Crippen LogP contribution in [0.15, 0.2) is 48.7 Å². The van der Waals surface area contributed by atoms with Gasteiger partial charge in [-0.15, -0.1) is 0 Å². The van der Waals surface area contributed by atoms with E-state index in [1.165, 1.54) is 42.4 Å². The zero-order valence-electron chi connectivity index (χ0n) is 24.7. The molecule has 0 N–H and O–H groups in total. The van der Waals surface area contributed by atoms with Crippen molar-refractivity contribution in [2.24, 2.45) is 5.92 Å². The Morgan fingerprint density at radius 2 is 1.77 bits per heavy atom. The van der Waals surface area contributed by atoms with Crippen molar-refractivity contribution in [2.75, 3.05) is 62.2 Å². The minimum Gasteiger partial charge on any atom is -0.462 e. The zero-order valence-corrected chi connectivity index (χ0v) is 25.5. The third-order valence-electron chi connectivity index (χ3n) is 9.24. The fraction of sp³-hybridized carbons (Fsp3) is 0.515. The van der Waals surface area contributed by atoms with Gasteiger partial charge in [-0.1, -0.05) is 36.2 Å². The second kappa shape index (κ2) is 13.2. The van der Waals surface area contributed by atoms with E-state index in [9.17, 15) is 13.6 Å². The molecule has 0 spiro atoms. The van der Waals surface area contributed by atoms with Gasteiger partial charge in [-0.05, 0) is 68.4 Å². The molecule has 10 heteroatoms. The lowest BCUT2D eigenvalue weighted by molar-refractivity contribution is 0.0512. The van der Waals surface area contributed by atoms with Gasteiger partial charge in [0.05, 0.1) is 18.8 Å². The smallest absolute Gasteiger partial charge is 0.341 e. The lowest BCUT2D eigenvalue weighted by Crippen LogP contribution is -2.48. The molecule has 2 aromatic carbocycles. The lowest BCUT2D eigenvalue weighted by atomic mass is 9.85. The van der Waals surface area contributed by atoms with Gasteiger partial charge in [-0.3, -0.25) is 9.58 Å². The lowest BCUT2D eigenvalue weighted by Gasteiger charge is -2.39. The molecule has 0 radical (unpaired) electrons. The zero-order chi connectivity index (χ0) is 29.9. The second-order valence-electron chi connectivity index (χ2n) is 11.9. The molecule has 3 aliphatic rings. The van der Waals surface area contributed by atoms with E-state index < -0.39 is 12.4 Å². The highest BCUT2D eigenvalue weighted by Crippen LogP contribution is 2.38. The van der Waals surface area contributed by atoms with E-state index in [1.807, 2.05) is 18.2 Å². The monoisotopic (exact) mass is 611 g/mol. The Labute approximate surface area is 257 Å². The van der Waals surface area contributed by atoms with Crippen LogP contribution in [0.2, 0.25) is 5.02 Å². The number of carbonyl (C=O) groups is 1. The third kappa shape index (κ3) is 6.53. The fourth-order valence-corrected chi connectivity index (χ4v) is 6.88. The molecule has 43 heavy (non-hydrogen) atoms.